The van der Waals surface area contributed by atoms with Crippen LogP contribution in [0.15, 0.2) is 78.6 Å². The number of hydrogen-bond acceptors (Lipinski definition) is 7. The normalized spacial score (nSPS) is 9.54. The van der Waals surface area contributed by atoms with Gasteiger partial charge in [-0.1, -0.05) is 6.07 Å². The highest BCUT2D eigenvalue weighted by molar-refractivity contribution is 9.11. The van der Waals surface area contributed by atoms with Gasteiger partial charge in [0, 0.05) is 33.0 Å². The predicted molar refractivity (Wildman–Crippen MR) is 129 cm³/mol. The molecule has 2 N–H and O–H groups in total. The molecule has 3 aromatic heterocycles. The zero-order chi connectivity index (χ0) is 20.9. The molecule has 28 heavy (non-hydrogen) atoms. The van der Waals surface area contributed by atoms with Gasteiger partial charge >= 0.3 is 7.12 Å². The van der Waals surface area contributed by atoms with Crippen LogP contribution in [0, 0.1) is 0 Å². The Hall–Kier alpha value is -0.425. The fourth-order valence-electron chi connectivity index (χ4n) is 1.51. The van der Waals surface area contributed by atoms with Crippen molar-refractivity contribution in [2.24, 2.45) is 0 Å². The number of thioether (sulfide) groups is 2. The Kier molecular flexibility index (Phi) is 13.3. The van der Waals surface area contributed by atoms with Crippen molar-refractivity contribution in [1.82, 2.24) is 15.0 Å². The van der Waals surface area contributed by atoms with Crippen molar-refractivity contribution in [3.63, 3.8) is 0 Å². The average molecular weight is 610 g/mol. The molecule has 3 heterocycles. The molecule has 3 aromatic rings. The third-order valence-corrected chi connectivity index (χ3v) is 5.59. The second kappa shape index (κ2) is 14.5. The van der Waals surface area contributed by atoms with Gasteiger partial charge in [0.1, 0.15) is 4.60 Å². The van der Waals surface area contributed by atoms with E-state index in [0.29, 0.717) is 5.46 Å². The maximum atomic E-state index is 8.70. The number of halogens is 3. The summed E-state index contributed by atoms with van der Waals surface area (Å²) in [6, 6.07) is 11.2. The van der Waals surface area contributed by atoms with Gasteiger partial charge in [0.15, 0.2) is 0 Å². The quantitative estimate of drug-likeness (QED) is 0.254. The minimum Gasteiger partial charge on any atom is -0.423 e. The Morgan fingerprint density at radius 3 is 1.54 bits per heavy atom. The van der Waals surface area contributed by atoms with E-state index in [-0.39, 0.29) is 0 Å². The van der Waals surface area contributed by atoms with E-state index in [0.717, 1.165) is 23.6 Å². The number of pyridine rings is 3. The first-order valence-corrected chi connectivity index (χ1v) is 12.5. The van der Waals surface area contributed by atoms with Gasteiger partial charge in [-0.25, -0.2) is 9.97 Å². The summed E-state index contributed by atoms with van der Waals surface area (Å²) in [6.45, 7) is 0. The molecule has 0 unspecified atom stereocenters. The third kappa shape index (κ3) is 10.9. The van der Waals surface area contributed by atoms with Crippen LogP contribution in [-0.2, 0) is 0 Å². The molecule has 0 radical (unpaired) electrons. The minimum atomic E-state index is -1.42. The lowest BCUT2D eigenvalue weighted by molar-refractivity contribution is 0.425. The molecule has 5 nitrogen and oxygen atoms in total. The molecule has 0 saturated carbocycles. The molecule has 11 heteroatoms. The molecule has 0 aliphatic heterocycles. The summed E-state index contributed by atoms with van der Waals surface area (Å²) < 4.78 is 2.89. The summed E-state index contributed by atoms with van der Waals surface area (Å²) >= 11 is 12.9. The number of nitrogens with zero attached hydrogens (tertiary/aromatic N) is 3. The minimum absolute atomic E-state index is 0.419. The molecule has 0 amide bonds. The molecule has 0 atom stereocenters. The van der Waals surface area contributed by atoms with Gasteiger partial charge in [0.05, 0.1) is 10.1 Å². The van der Waals surface area contributed by atoms with E-state index in [4.69, 9.17) is 10.0 Å². The maximum Gasteiger partial charge on any atom is 0.490 e. The molecule has 148 valence electrons. The lowest BCUT2D eigenvalue weighted by Gasteiger charge is -1.98. The summed E-state index contributed by atoms with van der Waals surface area (Å²) in [5.74, 6) is 0. The van der Waals surface area contributed by atoms with E-state index in [1.54, 1.807) is 36.3 Å². The van der Waals surface area contributed by atoms with Crippen LogP contribution in [-0.4, -0.2) is 44.6 Å². The predicted octanol–water partition coefficient (Wildman–Crippen LogP) is 4.66. The zero-order valence-corrected chi connectivity index (χ0v) is 21.4. The van der Waals surface area contributed by atoms with Crippen LogP contribution in [0.25, 0.3) is 0 Å². The van der Waals surface area contributed by atoms with Crippen LogP contribution in [0.5, 0.6) is 0 Å². The van der Waals surface area contributed by atoms with E-state index in [9.17, 15) is 0 Å². The molecular formula is C17H17BBr3N3O2S2. The van der Waals surface area contributed by atoms with Crippen molar-refractivity contribution >= 4 is 83.9 Å². The lowest BCUT2D eigenvalue weighted by Crippen LogP contribution is -2.29. The summed E-state index contributed by atoms with van der Waals surface area (Å²) in [4.78, 5) is 12.0. The highest BCUT2D eigenvalue weighted by Gasteiger charge is 2.09. The standard InChI is InChI=1S/C6H8BNO2S.C6H6BrNS.C5H3Br2N/c1-11-6-3-2-5(4-8-6)7(9)10;1-9-6-3-2-5(7)4-8-6;6-4-1-2-5(7)8-3-4/h2-4,9-10H,1H3;2-4H,1H3;1-3H. The molecule has 0 saturated heterocycles. The van der Waals surface area contributed by atoms with Gasteiger partial charge in [-0.05, 0) is 90.6 Å². The van der Waals surface area contributed by atoms with Crippen LogP contribution in [0.4, 0.5) is 0 Å². The fourth-order valence-corrected chi connectivity index (χ4v) is 2.93. The van der Waals surface area contributed by atoms with Crippen molar-refractivity contribution < 1.29 is 10.0 Å². The first kappa shape index (κ1) is 25.6. The zero-order valence-electron chi connectivity index (χ0n) is 15.0. The smallest absolute Gasteiger partial charge is 0.423 e. The van der Waals surface area contributed by atoms with Crippen molar-refractivity contribution in [1.29, 1.82) is 0 Å². The van der Waals surface area contributed by atoms with Gasteiger partial charge < -0.3 is 10.0 Å². The fraction of sp³-hybridized carbons (Fsp3) is 0.118. The second-order valence-electron chi connectivity index (χ2n) is 4.83. The monoisotopic (exact) mass is 607 g/mol. The van der Waals surface area contributed by atoms with Crippen LogP contribution in [0.3, 0.4) is 0 Å². The van der Waals surface area contributed by atoms with E-state index >= 15 is 0 Å². The maximum absolute atomic E-state index is 8.70. The Morgan fingerprint density at radius 2 is 1.21 bits per heavy atom. The summed E-state index contributed by atoms with van der Waals surface area (Å²) in [5.41, 5.74) is 0.419. The first-order valence-electron chi connectivity index (χ1n) is 7.64. The third-order valence-electron chi connectivity index (χ3n) is 2.87. The number of rotatable bonds is 3. The first-order chi connectivity index (χ1) is 13.3. The Bertz CT molecular complexity index is 790. The number of aromatic nitrogens is 3. The van der Waals surface area contributed by atoms with E-state index in [2.05, 4.69) is 62.7 Å². The van der Waals surface area contributed by atoms with E-state index in [1.807, 2.05) is 36.8 Å². The molecular weight excluding hydrogens is 593 g/mol. The van der Waals surface area contributed by atoms with Crippen LogP contribution in [0.2, 0.25) is 0 Å². The summed E-state index contributed by atoms with van der Waals surface area (Å²) in [6.07, 6.45) is 8.92. The average Bonchev–Trinajstić information content (AvgIpc) is 2.72. The summed E-state index contributed by atoms with van der Waals surface area (Å²) in [5, 5.41) is 19.3. The van der Waals surface area contributed by atoms with Gasteiger partial charge in [-0.3, -0.25) is 4.98 Å². The highest BCUT2D eigenvalue weighted by Crippen LogP contribution is 2.14. The Balaban J connectivity index is 0.000000213. The van der Waals surface area contributed by atoms with E-state index < -0.39 is 7.12 Å². The van der Waals surface area contributed by atoms with Crippen molar-refractivity contribution in [2.45, 2.75) is 10.1 Å². The van der Waals surface area contributed by atoms with Crippen molar-refractivity contribution in [3.8, 4) is 0 Å². The van der Waals surface area contributed by atoms with Crippen LogP contribution in [0.1, 0.15) is 0 Å². The van der Waals surface area contributed by atoms with Crippen LogP contribution >= 0.6 is 71.3 Å². The van der Waals surface area contributed by atoms with E-state index in [1.165, 1.54) is 18.0 Å². The van der Waals surface area contributed by atoms with Gasteiger partial charge in [0.25, 0.3) is 0 Å². The molecule has 0 aliphatic rings. The second-order valence-corrected chi connectivity index (χ2v) is 9.12. The Morgan fingerprint density at radius 1 is 0.714 bits per heavy atom. The van der Waals surface area contributed by atoms with Gasteiger partial charge in [-0.2, -0.15) is 0 Å². The SMILES string of the molecule is Brc1ccc(Br)nc1.CSc1ccc(B(O)O)cn1.CSc1ccc(Br)cn1. The largest absolute Gasteiger partial charge is 0.490 e. The molecule has 0 bridgehead atoms. The van der Waals surface area contributed by atoms with Crippen molar-refractivity contribution in [2.75, 3.05) is 12.5 Å². The molecule has 0 aromatic carbocycles. The van der Waals surface area contributed by atoms with Gasteiger partial charge in [0.2, 0.25) is 0 Å². The molecule has 0 fully saturated rings. The Labute approximate surface area is 198 Å². The highest BCUT2D eigenvalue weighted by atomic mass is 79.9. The lowest BCUT2D eigenvalue weighted by atomic mass is 9.82. The number of hydrogen-bond donors (Lipinski definition) is 2. The molecule has 0 aliphatic carbocycles. The molecule has 3 rings (SSSR count). The topological polar surface area (TPSA) is 79.1 Å². The molecule has 0 spiro atoms. The van der Waals surface area contributed by atoms with Gasteiger partial charge in [-0.15, -0.1) is 23.5 Å². The summed E-state index contributed by atoms with van der Waals surface area (Å²) in [7, 11) is -1.42. The van der Waals surface area contributed by atoms with Crippen LogP contribution < -0.4 is 5.46 Å². The van der Waals surface area contributed by atoms with Crippen molar-refractivity contribution in [3.05, 3.63) is 68.5 Å².